The van der Waals surface area contributed by atoms with Crippen LogP contribution in [0.3, 0.4) is 0 Å². The van der Waals surface area contributed by atoms with Crippen LogP contribution in [0.15, 0.2) is 18.6 Å². The first-order valence-electron chi connectivity index (χ1n) is 3.78. The number of hydrogen-bond acceptors (Lipinski definition) is 3. The van der Waals surface area contributed by atoms with Gasteiger partial charge in [0.1, 0.15) is 12.1 Å². The van der Waals surface area contributed by atoms with E-state index in [1.165, 1.54) is 12.7 Å². The van der Waals surface area contributed by atoms with Gasteiger partial charge in [-0.15, -0.1) is 0 Å². The maximum absolute atomic E-state index is 3.88. The Morgan fingerprint density at radius 2 is 2.18 bits per heavy atom. The van der Waals surface area contributed by atoms with Gasteiger partial charge in [0.25, 0.3) is 0 Å². The van der Waals surface area contributed by atoms with Crippen molar-refractivity contribution in [2.75, 3.05) is 12.4 Å². The molecule has 0 unspecified atom stereocenters. The highest BCUT2D eigenvalue weighted by molar-refractivity contribution is 5.29. The number of hydrogen-bond donors (Lipinski definition) is 1. The van der Waals surface area contributed by atoms with Crippen molar-refractivity contribution >= 4 is 5.82 Å². The summed E-state index contributed by atoms with van der Waals surface area (Å²) in [6.07, 6.45) is 4.45. The van der Waals surface area contributed by atoms with E-state index >= 15 is 0 Å². The van der Waals surface area contributed by atoms with E-state index in [9.17, 15) is 0 Å². The van der Waals surface area contributed by atoms with Gasteiger partial charge in [-0.2, -0.15) is 0 Å². The second-order valence-electron chi connectivity index (χ2n) is 2.05. The lowest BCUT2D eigenvalue weighted by atomic mass is 10.6. The summed E-state index contributed by atoms with van der Waals surface area (Å²) in [5.74, 6) is 0.847. The van der Waals surface area contributed by atoms with Crippen LogP contribution in [0.2, 0.25) is 0 Å². The third-order valence-corrected chi connectivity index (χ3v) is 0.838. The molecule has 0 aliphatic carbocycles. The molecule has 64 valence electrons. The normalized spacial score (nSPS) is 7.91. The maximum Gasteiger partial charge on any atom is 0.129 e. The second kappa shape index (κ2) is 6.99. The SMILES string of the molecule is CCC.CNc1ccncn1.[HH]. The van der Waals surface area contributed by atoms with E-state index in [2.05, 4.69) is 29.1 Å². The predicted octanol–water partition coefficient (Wildman–Crippen LogP) is 2.18. The summed E-state index contributed by atoms with van der Waals surface area (Å²) in [6.45, 7) is 4.25. The van der Waals surface area contributed by atoms with E-state index in [0.717, 1.165) is 5.82 Å². The molecule has 0 saturated carbocycles. The average molecular weight is 155 g/mol. The molecule has 0 saturated heterocycles. The lowest BCUT2D eigenvalue weighted by molar-refractivity contribution is 1.09. The maximum atomic E-state index is 3.88. The Bertz CT molecular complexity index is 167. The van der Waals surface area contributed by atoms with Gasteiger partial charge in [0, 0.05) is 14.7 Å². The van der Waals surface area contributed by atoms with E-state index in [4.69, 9.17) is 0 Å². The van der Waals surface area contributed by atoms with Gasteiger partial charge >= 0.3 is 0 Å². The molecule has 11 heavy (non-hydrogen) atoms. The molecule has 1 aromatic rings. The quantitative estimate of drug-likeness (QED) is 0.675. The fourth-order valence-corrected chi connectivity index (χ4v) is 0.439. The van der Waals surface area contributed by atoms with E-state index in [1.807, 2.05) is 7.05 Å². The van der Waals surface area contributed by atoms with Gasteiger partial charge in [-0.25, -0.2) is 9.97 Å². The molecule has 0 radical (unpaired) electrons. The third kappa shape index (κ3) is 5.33. The van der Waals surface area contributed by atoms with Crippen molar-refractivity contribution < 1.29 is 1.43 Å². The highest BCUT2D eigenvalue weighted by atomic mass is 15.0. The standard InChI is InChI=1S/C5H7N3.C3H8.H2/c1-6-5-2-3-7-4-8-5;1-3-2;/h2-4H,1H3,(H,6,7,8);3H2,1-2H3;1H. The van der Waals surface area contributed by atoms with Gasteiger partial charge in [-0.3, -0.25) is 0 Å². The van der Waals surface area contributed by atoms with E-state index in [-0.39, 0.29) is 1.43 Å². The Morgan fingerprint density at radius 3 is 2.45 bits per heavy atom. The van der Waals surface area contributed by atoms with Crippen LogP contribution in [0.25, 0.3) is 0 Å². The fourth-order valence-electron chi connectivity index (χ4n) is 0.439. The van der Waals surface area contributed by atoms with E-state index in [1.54, 1.807) is 12.3 Å². The minimum absolute atomic E-state index is 0. The lowest BCUT2D eigenvalue weighted by Crippen LogP contribution is -1.90. The van der Waals surface area contributed by atoms with Crippen LogP contribution in [0, 0.1) is 0 Å². The molecule has 3 heteroatoms. The largest absolute Gasteiger partial charge is 0.373 e. The summed E-state index contributed by atoms with van der Waals surface area (Å²) in [5.41, 5.74) is 0. The van der Waals surface area contributed by atoms with Gasteiger partial charge in [-0.1, -0.05) is 20.3 Å². The molecule has 0 spiro atoms. The van der Waals surface area contributed by atoms with Crippen LogP contribution in [-0.4, -0.2) is 17.0 Å². The first-order valence-corrected chi connectivity index (χ1v) is 3.78. The number of nitrogens with one attached hydrogen (secondary N) is 1. The monoisotopic (exact) mass is 155 g/mol. The van der Waals surface area contributed by atoms with Gasteiger partial charge in [0.05, 0.1) is 0 Å². The van der Waals surface area contributed by atoms with Gasteiger partial charge < -0.3 is 5.32 Å². The molecule has 1 N–H and O–H groups in total. The molecule has 1 rings (SSSR count). The Hall–Kier alpha value is -1.12. The zero-order valence-corrected chi connectivity index (χ0v) is 7.33. The van der Waals surface area contributed by atoms with Crippen molar-refractivity contribution in [2.24, 2.45) is 0 Å². The molecule has 0 amide bonds. The van der Waals surface area contributed by atoms with E-state index < -0.39 is 0 Å². The average Bonchev–Trinajstić information content (AvgIpc) is 2.08. The number of aromatic nitrogens is 2. The summed E-state index contributed by atoms with van der Waals surface area (Å²) >= 11 is 0. The van der Waals surface area contributed by atoms with Crippen molar-refractivity contribution in [1.82, 2.24) is 9.97 Å². The summed E-state index contributed by atoms with van der Waals surface area (Å²) < 4.78 is 0. The molecule has 3 nitrogen and oxygen atoms in total. The van der Waals surface area contributed by atoms with Crippen molar-refractivity contribution in [2.45, 2.75) is 20.3 Å². The smallest absolute Gasteiger partial charge is 0.129 e. The highest BCUT2D eigenvalue weighted by Gasteiger charge is 1.80. The Morgan fingerprint density at radius 1 is 1.55 bits per heavy atom. The summed E-state index contributed by atoms with van der Waals surface area (Å²) in [4.78, 5) is 7.62. The molecule has 0 aliphatic rings. The fraction of sp³-hybridized carbons (Fsp3) is 0.500. The molecule has 1 aromatic heterocycles. The Labute approximate surface area is 69.4 Å². The minimum Gasteiger partial charge on any atom is -0.373 e. The number of rotatable bonds is 1. The van der Waals surface area contributed by atoms with Crippen molar-refractivity contribution in [3.63, 3.8) is 0 Å². The lowest BCUT2D eigenvalue weighted by Gasteiger charge is -1.92. The zero-order chi connectivity index (χ0) is 8.53. The van der Waals surface area contributed by atoms with Crippen LogP contribution in [0.4, 0.5) is 5.82 Å². The number of anilines is 1. The van der Waals surface area contributed by atoms with E-state index in [0.29, 0.717) is 0 Å². The first kappa shape index (κ1) is 9.88. The predicted molar refractivity (Wildman–Crippen MR) is 49.7 cm³/mol. The summed E-state index contributed by atoms with van der Waals surface area (Å²) in [5, 5.41) is 2.88. The van der Waals surface area contributed by atoms with Crippen LogP contribution in [0.1, 0.15) is 21.7 Å². The molecule has 0 bridgehead atoms. The van der Waals surface area contributed by atoms with Gasteiger partial charge in [0.15, 0.2) is 0 Å². The third-order valence-electron chi connectivity index (χ3n) is 0.838. The molecule has 0 aromatic carbocycles. The van der Waals surface area contributed by atoms with Crippen LogP contribution >= 0.6 is 0 Å². The molecule has 1 heterocycles. The summed E-state index contributed by atoms with van der Waals surface area (Å²) in [6, 6.07) is 1.81. The Balaban J connectivity index is 0. The van der Waals surface area contributed by atoms with Gasteiger partial charge in [0.2, 0.25) is 0 Å². The highest BCUT2D eigenvalue weighted by Crippen LogP contribution is 1.93. The molecule has 0 aliphatic heterocycles. The van der Waals surface area contributed by atoms with Crippen molar-refractivity contribution in [3.8, 4) is 0 Å². The van der Waals surface area contributed by atoms with Crippen molar-refractivity contribution in [3.05, 3.63) is 18.6 Å². The Kier molecular flexibility index (Phi) is 6.28. The van der Waals surface area contributed by atoms with Crippen LogP contribution in [-0.2, 0) is 0 Å². The molecular formula is C8H17N3. The van der Waals surface area contributed by atoms with Crippen molar-refractivity contribution in [1.29, 1.82) is 0 Å². The molecule has 0 fully saturated rings. The van der Waals surface area contributed by atoms with Crippen LogP contribution in [0.5, 0.6) is 0 Å². The summed E-state index contributed by atoms with van der Waals surface area (Å²) in [7, 11) is 1.82. The second-order valence-corrected chi connectivity index (χ2v) is 2.05. The topological polar surface area (TPSA) is 37.8 Å². The molecular weight excluding hydrogens is 138 g/mol. The molecule has 0 atom stereocenters. The van der Waals surface area contributed by atoms with Gasteiger partial charge in [-0.05, 0) is 6.07 Å². The minimum atomic E-state index is 0. The number of nitrogens with zero attached hydrogens (tertiary/aromatic N) is 2. The van der Waals surface area contributed by atoms with Crippen LogP contribution < -0.4 is 5.32 Å². The first-order chi connectivity index (χ1) is 5.35. The zero-order valence-electron chi connectivity index (χ0n) is 7.33.